The van der Waals surface area contributed by atoms with E-state index in [4.69, 9.17) is 21.1 Å². The maximum absolute atomic E-state index is 12.9. The predicted octanol–water partition coefficient (Wildman–Crippen LogP) is 3.30. The number of methoxy groups -OCH3 is 2. The van der Waals surface area contributed by atoms with Crippen molar-refractivity contribution >= 4 is 40.0 Å². The summed E-state index contributed by atoms with van der Waals surface area (Å²) in [4.78, 5) is 29.9. The molecule has 0 saturated carbocycles. The van der Waals surface area contributed by atoms with Gasteiger partial charge in [-0.05, 0) is 30.2 Å². The quantitative estimate of drug-likeness (QED) is 0.565. The number of carbonyl (C=O) groups excluding carboxylic acids is 2. The van der Waals surface area contributed by atoms with Gasteiger partial charge in [-0.1, -0.05) is 11.6 Å². The molecule has 4 rings (SSSR count). The summed E-state index contributed by atoms with van der Waals surface area (Å²) in [6.07, 6.45) is 2.75. The fourth-order valence-corrected chi connectivity index (χ4v) is 3.89. The molecule has 8 heteroatoms. The van der Waals surface area contributed by atoms with Gasteiger partial charge in [0.2, 0.25) is 5.91 Å². The second-order valence-electron chi connectivity index (χ2n) is 7.10. The molecular weight excluding hydrogens is 406 g/mol. The third-order valence-corrected chi connectivity index (χ3v) is 5.49. The summed E-state index contributed by atoms with van der Waals surface area (Å²) < 4.78 is 10.5. The number of carbonyl (C=O) groups is 2. The van der Waals surface area contributed by atoms with Gasteiger partial charge in [-0.3, -0.25) is 9.59 Å². The van der Waals surface area contributed by atoms with Crippen molar-refractivity contribution in [2.45, 2.75) is 18.9 Å². The first-order valence-electron chi connectivity index (χ1n) is 9.59. The van der Waals surface area contributed by atoms with Crippen LogP contribution in [0.2, 0.25) is 5.02 Å². The van der Waals surface area contributed by atoms with E-state index in [1.807, 2.05) is 24.4 Å². The molecule has 156 valence electrons. The number of hydrogen-bond acceptors (Lipinski definition) is 5. The number of aromatic amines is 1. The predicted molar refractivity (Wildman–Crippen MR) is 115 cm³/mol. The van der Waals surface area contributed by atoms with Gasteiger partial charge in [0.25, 0.3) is 5.91 Å². The number of anilines is 1. The van der Waals surface area contributed by atoms with Crippen molar-refractivity contribution < 1.29 is 19.1 Å². The summed E-state index contributed by atoms with van der Waals surface area (Å²) in [7, 11) is 3.04. The Labute approximate surface area is 178 Å². The number of rotatable bonds is 7. The van der Waals surface area contributed by atoms with Crippen LogP contribution in [-0.2, 0) is 16.0 Å². The molecule has 1 aromatic heterocycles. The molecule has 1 saturated heterocycles. The van der Waals surface area contributed by atoms with Crippen molar-refractivity contribution in [3.63, 3.8) is 0 Å². The van der Waals surface area contributed by atoms with Crippen molar-refractivity contribution in [3.05, 3.63) is 53.2 Å². The number of nitrogens with zero attached hydrogens (tertiary/aromatic N) is 1. The molecule has 30 heavy (non-hydrogen) atoms. The van der Waals surface area contributed by atoms with Gasteiger partial charge < -0.3 is 19.8 Å². The first-order chi connectivity index (χ1) is 14.5. The molecule has 2 aromatic carbocycles. The molecule has 0 radical (unpaired) electrons. The van der Waals surface area contributed by atoms with Gasteiger partial charge in [-0.25, -0.2) is 4.90 Å². The standard InChI is InChI=1S/C22H22ClN3O4/c1-29-16-8-15(9-17(10-16)30-2)26-21(27)11-20(22(26)28)24-6-5-13-12-25-19-4-3-14(23)7-18(13)19/h3-4,7-10,12,20,24-25H,5-6,11H2,1-2H3/t20-/m0/s1. The van der Waals surface area contributed by atoms with E-state index in [0.29, 0.717) is 35.2 Å². The third kappa shape index (κ3) is 3.86. The number of halogens is 1. The van der Waals surface area contributed by atoms with Crippen LogP contribution in [0.15, 0.2) is 42.6 Å². The lowest BCUT2D eigenvalue weighted by molar-refractivity contribution is -0.121. The Morgan fingerprint density at radius 1 is 1.13 bits per heavy atom. The Morgan fingerprint density at radius 2 is 1.87 bits per heavy atom. The maximum atomic E-state index is 12.9. The average molecular weight is 428 g/mol. The maximum Gasteiger partial charge on any atom is 0.251 e. The zero-order valence-electron chi connectivity index (χ0n) is 16.7. The molecule has 7 nitrogen and oxygen atoms in total. The zero-order valence-corrected chi connectivity index (χ0v) is 17.5. The highest BCUT2D eigenvalue weighted by Crippen LogP contribution is 2.31. The van der Waals surface area contributed by atoms with E-state index in [2.05, 4.69) is 10.3 Å². The minimum atomic E-state index is -0.566. The number of hydrogen-bond donors (Lipinski definition) is 2. The number of benzene rings is 2. The van der Waals surface area contributed by atoms with Gasteiger partial charge in [-0.15, -0.1) is 0 Å². The molecule has 1 fully saturated rings. The van der Waals surface area contributed by atoms with Gasteiger partial charge in [0.1, 0.15) is 11.5 Å². The van der Waals surface area contributed by atoms with Gasteiger partial charge in [0.15, 0.2) is 0 Å². The van der Waals surface area contributed by atoms with Crippen molar-refractivity contribution in [2.75, 3.05) is 25.7 Å². The van der Waals surface area contributed by atoms with Crippen molar-refractivity contribution in [1.82, 2.24) is 10.3 Å². The highest BCUT2D eigenvalue weighted by molar-refractivity contribution is 6.31. The van der Waals surface area contributed by atoms with Gasteiger partial charge in [0.05, 0.1) is 32.4 Å². The topological polar surface area (TPSA) is 83.7 Å². The first-order valence-corrected chi connectivity index (χ1v) is 9.96. The molecule has 0 aliphatic carbocycles. The number of H-pyrrole nitrogens is 1. The monoisotopic (exact) mass is 427 g/mol. The number of nitrogens with one attached hydrogen (secondary N) is 2. The lowest BCUT2D eigenvalue weighted by Crippen LogP contribution is -2.39. The second-order valence-corrected chi connectivity index (χ2v) is 7.54. The molecule has 2 amide bonds. The molecule has 0 unspecified atom stereocenters. The Morgan fingerprint density at radius 3 is 2.57 bits per heavy atom. The fourth-order valence-electron chi connectivity index (χ4n) is 3.72. The lowest BCUT2D eigenvalue weighted by atomic mass is 10.1. The molecule has 0 spiro atoms. The van der Waals surface area contributed by atoms with E-state index in [9.17, 15) is 9.59 Å². The van der Waals surface area contributed by atoms with Gasteiger partial charge in [0, 0.05) is 46.9 Å². The highest BCUT2D eigenvalue weighted by atomic mass is 35.5. The number of amides is 2. The van der Waals surface area contributed by atoms with Crippen LogP contribution in [0.1, 0.15) is 12.0 Å². The number of imide groups is 1. The van der Waals surface area contributed by atoms with Crippen LogP contribution in [0.3, 0.4) is 0 Å². The highest BCUT2D eigenvalue weighted by Gasteiger charge is 2.39. The van der Waals surface area contributed by atoms with Crippen molar-refractivity contribution in [3.8, 4) is 11.5 Å². The van der Waals surface area contributed by atoms with E-state index in [-0.39, 0.29) is 18.2 Å². The summed E-state index contributed by atoms with van der Waals surface area (Å²) >= 11 is 6.10. The minimum absolute atomic E-state index is 0.109. The molecule has 1 aliphatic heterocycles. The molecule has 3 aromatic rings. The second kappa shape index (κ2) is 8.38. The van der Waals surface area contributed by atoms with Crippen molar-refractivity contribution in [1.29, 1.82) is 0 Å². The molecular formula is C22H22ClN3O4. The molecule has 0 bridgehead atoms. The Hall–Kier alpha value is -3.03. The largest absolute Gasteiger partial charge is 0.497 e. The normalized spacial score (nSPS) is 16.5. The van der Waals surface area contributed by atoms with E-state index in [0.717, 1.165) is 16.5 Å². The first kappa shape index (κ1) is 20.3. The Balaban J connectivity index is 1.45. The molecule has 1 aliphatic rings. The van der Waals surface area contributed by atoms with E-state index >= 15 is 0 Å². The number of fused-ring (bicyclic) bond motifs is 1. The van der Waals surface area contributed by atoms with Crippen LogP contribution in [0.4, 0.5) is 5.69 Å². The smallest absolute Gasteiger partial charge is 0.251 e. The number of aromatic nitrogens is 1. The van der Waals surface area contributed by atoms with Gasteiger partial charge >= 0.3 is 0 Å². The molecule has 2 heterocycles. The molecule has 2 N–H and O–H groups in total. The summed E-state index contributed by atoms with van der Waals surface area (Å²) in [5.41, 5.74) is 2.56. The van der Waals surface area contributed by atoms with Crippen LogP contribution in [0.5, 0.6) is 11.5 Å². The van der Waals surface area contributed by atoms with Gasteiger partial charge in [-0.2, -0.15) is 0 Å². The molecule has 1 atom stereocenters. The summed E-state index contributed by atoms with van der Waals surface area (Å²) in [5.74, 6) is 0.489. The lowest BCUT2D eigenvalue weighted by Gasteiger charge is -2.17. The average Bonchev–Trinajstić information content (AvgIpc) is 3.27. The Bertz CT molecular complexity index is 1090. The SMILES string of the molecule is COc1cc(OC)cc(N2C(=O)C[C@H](NCCc3c[nH]c4ccc(Cl)cc34)C2=O)c1. The van der Waals surface area contributed by atoms with E-state index < -0.39 is 6.04 Å². The van der Waals surface area contributed by atoms with Crippen LogP contribution in [-0.4, -0.2) is 43.6 Å². The van der Waals surface area contributed by atoms with Crippen molar-refractivity contribution in [2.24, 2.45) is 0 Å². The number of ether oxygens (including phenoxy) is 2. The fraction of sp³-hybridized carbons (Fsp3) is 0.273. The van der Waals surface area contributed by atoms with E-state index in [1.54, 1.807) is 18.2 Å². The summed E-state index contributed by atoms with van der Waals surface area (Å²) in [6.45, 7) is 0.554. The van der Waals surface area contributed by atoms with Crippen LogP contribution >= 0.6 is 11.6 Å². The third-order valence-electron chi connectivity index (χ3n) is 5.26. The minimum Gasteiger partial charge on any atom is -0.497 e. The van der Waals surface area contributed by atoms with E-state index in [1.165, 1.54) is 19.1 Å². The summed E-state index contributed by atoms with van der Waals surface area (Å²) in [5, 5.41) is 4.95. The zero-order chi connectivity index (χ0) is 21.3. The van der Waals surface area contributed by atoms with Crippen LogP contribution < -0.4 is 19.7 Å². The Kier molecular flexibility index (Phi) is 5.65. The van der Waals surface area contributed by atoms with Crippen LogP contribution in [0.25, 0.3) is 10.9 Å². The summed E-state index contributed by atoms with van der Waals surface area (Å²) in [6, 6.07) is 10.1. The van der Waals surface area contributed by atoms with Crippen LogP contribution in [0, 0.1) is 0 Å².